The lowest BCUT2D eigenvalue weighted by Crippen LogP contribution is -2.26. The van der Waals surface area contributed by atoms with Crippen molar-refractivity contribution in [1.29, 1.82) is 0 Å². The van der Waals surface area contributed by atoms with E-state index in [1.165, 1.54) is 12.8 Å². The Morgan fingerprint density at radius 3 is 2.87 bits per heavy atom. The zero-order valence-electron chi connectivity index (χ0n) is 8.68. The van der Waals surface area contributed by atoms with Crippen LogP contribution in [-0.4, -0.2) is 28.6 Å². The lowest BCUT2D eigenvalue weighted by atomic mass is 10.2. The molecule has 1 N–H and O–H groups in total. The Hall–Kier alpha value is -1.58. The number of carbonyl (C=O) groups is 1. The van der Waals surface area contributed by atoms with Crippen LogP contribution in [0.1, 0.15) is 30.3 Å². The average molecular weight is 206 g/mol. The molecule has 0 saturated carbocycles. The van der Waals surface area contributed by atoms with Gasteiger partial charge in [0.2, 0.25) is 0 Å². The molecule has 15 heavy (non-hydrogen) atoms. The third-order valence-electron chi connectivity index (χ3n) is 2.85. The van der Waals surface area contributed by atoms with Gasteiger partial charge in [0, 0.05) is 12.6 Å². The molecule has 1 aliphatic heterocycles. The lowest BCUT2D eigenvalue weighted by molar-refractivity contribution is 0.0690. The number of anilines is 1. The van der Waals surface area contributed by atoms with E-state index in [-0.39, 0.29) is 5.69 Å². The number of rotatable bonds is 2. The molecule has 4 heteroatoms. The van der Waals surface area contributed by atoms with Gasteiger partial charge in [-0.3, -0.25) is 0 Å². The van der Waals surface area contributed by atoms with E-state index in [1.807, 2.05) is 6.07 Å². The van der Waals surface area contributed by atoms with E-state index in [0.717, 1.165) is 12.2 Å². The van der Waals surface area contributed by atoms with E-state index < -0.39 is 5.97 Å². The number of hydrogen-bond donors (Lipinski definition) is 1. The Balaban J connectivity index is 2.19. The first-order valence-corrected chi connectivity index (χ1v) is 5.14. The van der Waals surface area contributed by atoms with Gasteiger partial charge in [-0.05, 0) is 31.9 Å². The van der Waals surface area contributed by atoms with Crippen LogP contribution in [0.2, 0.25) is 0 Å². The number of hydrogen-bond acceptors (Lipinski definition) is 3. The summed E-state index contributed by atoms with van der Waals surface area (Å²) < 4.78 is 0. The molecule has 0 bridgehead atoms. The van der Waals surface area contributed by atoms with E-state index >= 15 is 0 Å². The summed E-state index contributed by atoms with van der Waals surface area (Å²) in [5.41, 5.74) is 1.12. The van der Waals surface area contributed by atoms with E-state index in [9.17, 15) is 4.79 Å². The fourth-order valence-corrected chi connectivity index (χ4v) is 2.00. The quantitative estimate of drug-likeness (QED) is 0.801. The molecule has 2 rings (SSSR count). The smallest absolute Gasteiger partial charge is 0.354 e. The predicted octanol–water partition coefficient (Wildman–Crippen LogP) is 1.77. The summed E-state index contributed by atoms with van der Waals surface area (Å²) in [5, 5.41) is 8.72. The number of aromatic carboxylic acids is 1. The molecule has 1 fully saturated rings. The van der Waals surface area contributed by atoms with Crippen molar-refractivity contribution in [3.8, 4) is 0 Å². The van der Waals surface area contributed by atoms with Gasteiger partial charge in [0.15, 0.2) is 0 Å². The molecule has 0 radical (unpaired) electrons. The SMILES string of the molecule is CC1CCCN1c1ccc(C(=O)O)nc1. The molecule has 2 heterocycles. The summed E-state index contributed by atoms with van der Waals surface area (Å²) in [5.74, 6) is -0.976. The highest BCUT2D eigenvalue weighted by molar-refractivity contribution is 5.85. The molecule has 1 aromatic heterocycles. The molecule has 1 unspecified atom stereocenters. The molecule has 4 nitrogen and oxygen atoms in total. The molecule has 1 aliphatic rings. The Kier molecular flexibility index (Phi) is 2.58. The van der Waals surface area contributed by atoms with Crippen LogP contribution in [0.3, 0.4) is 0 Å². The Morgan fingerprint density at radius 1 is 1.60 bits per heavy atom. The minimum atomic E-state index is -0.976. The van der Waals surface area contributed by atoms with Crippen molar-refractivity contribution in [2.75, 3.05) is 11.4 Å². The molecule has 0 spiro atoms. The van der Waals surface area contributed by atoms with Gasteiger partial charge in [0.1, 0.15) is 5.69 Å². The second-order valence-electron chi connectivity index (χ2n) is 3.89. The maximum absolute atomic E-state index is 10.6. The van der Waals surface area contributed by atoms with Crippen LogP contribution in [0.4, 0.5) is 5.69 Å². The van der Waals surface area contributed by atoms with Crippen LogP contribution in [0, 0.1) is 0 Å². The molecule has 0 amide bonds. The van der Waals surface area contributed by atoms with Crippen LogP contribution in [0.5, 0.6) is 0 Å². The van der Waals surface area contributed by atoms with E-state index in [4.69, 9.17) is 5.11 Å². The minimum absolute atomic E-state index is 0.102. The number of carboxylic acids is 1. The summed E-state index contributed by atoms with van der Waals surface area (Å²) in [6.45, 7) is 3.22. The fraction of sp³-hybridized carbons (Fsp3) is 0.455. The number of carboxylic acid groups (broad SMARTS) is 1. The van der Waals surface area contributed by atoms with Crippen LogP contribution in [0.25, 0.3) is 0 Å². The van der Waals surface area contributed by atoms with Crippen molar-refractivity contribution in [2.45, 2.75) is 25.8 Å². The number of pyridine rings is 1. The van der Waals surface area contributed by atoms with Crippen LogP contribution < -0.4 is 4.90 Å². The summed E-state index contributed by atoms with van der Waals surface area (Å²) >= 11 is 0. The highest BCUT2D eigenvalue weighted by Crippen LogP contribution is 2.24. The average Bonchev–Trinajstić information content (AvgIpc) is 2.65. The molecule has 1 aromatic rings. The minimum Gasteiger partial charge on any atom is -0.477 e. The Labute approximate surface area is 88.6 Å². The molecule has 1 saturated heterocycles. The summed E-state index contributed by atoms with van der Waals surface area (Å²) in [4.78, 5) is 16.8. The summed E-state index contributed by atoms with van der Waals surface area (Å²) in [6.07, 6.45) is 4.04. The van der Waals surface area contributed by atoms with Gasteiger partial charge in [-0.1, -0.05) is 0 Å². The summed E-state index contributed by atoms with van der Waals surface area (Å²) in [7, 11) is 0. The highest BCUT2D eigenvalue weighted by Gasteiger charge is 2.20. The zero-order valence-corrected chi connectivity index (χ0v) is 8.68. The number of nitrogens with zero attached hydrogens (tertiary/aromatic N) is 2. The molecule has 0 aliphatic carbocycles. The van der Waals surface area contributed by atoms with Crippen LogP contribution in [0.15, 0.2) is 18.3 Å². The second-order valence-corrected chi connectivity index (χ2v) is 3.89. The summed E-state index contributed by atoms with van der Waals surface area (Å²) in [6, 6.07) is 3.92. The van der Waals surface area contributed by atoms with Crippen LogP contribution >= 0.6 is 0 Å². The normalized spacial score (nSPS) is 20.6. The van der Waals surface area contributed by atoms with E-state index in [1.54, 1.807) is 12.3 Å². The topological polar surface area (TPSA) is 53.4 Å². The maximum Gasteiger partial charge on any atom is 0.354 e. The third-order valence-corrected chi connectivity index (χ3v) is 2.85. The molecular weight excluding hydrogens is 192 g/mol. The molecular formula is C11H14N2O2. The van der Waals surface area contributed by atoms with Gasteiger partial charge in [-0.2, -0.15) is 0 Å². The van der Waals surface area contributed by atoms with Gasteiger partial charge in [0.25, 0.3) is 0 Å². The first-order chi connectivity index (χ1) is 7.18. The van der Waals surface area contributed by atoms with Crippen LogP contribution in [-0.2, 0) is 0 Å². The lowest BCUT2D eigenvalue weighted by Gasteiger charge is -2.23. The maximum atomic E-state index is 10.6. The first-order valence-electron chi connectivity index (χ1n) is 5.14. The van der Waals surface area contributed by atoms with Gasteiger partial charge in [-0.15, -0.1) is 0 Å². The second kappa shape index (κ2) is 3.88. The Morgan fingerprint density at radius 2 is 2.40 bits per heavy atom. The van der Waals surface area contributed by atoms with Gasteiger partial charge in [0.05, 0.1) is 11.9 Å². The largest absolute Gasteiger partial charge is 0.477 e. The van der Waals surface area contributed by atoms with Gasteiger partial charge >= 0.3 is 5.97 Å². The monoisotopic (exact) mass is 206 g/mol. The van der Waals surface area contributed by atoms with Crippen molar-refractivity contribution in [3.63, 3.8) is 0 Å². The number of aromatic nitrogens is 1. The Bertz CT molecular complexity index is 361. The third kappa shape index (κ3) is 1.93. The van der Waals surface area contributed by atoms with Crippen molar-refractivity contribution in [1.82, 2.24) is 4.98 Å². The van der Waals surface area contributed by atoms with Crippen molar-refractivity contribution in [2.24, 2.45) is 0 Å². The van der Waals surface area contributed by atoms with E-state index in [2.05, 4.69) is 16.8 Å². The van der Waals surface area contributed by atoms with Gasteiger partial charge in [-0.25, -0.2) is 9.78 Å². The van der Waals surface area contributed by atoms with Gasteiger partial charge < -0.3 is 10.0 Å². The molecule has 0 aromatic carbocycles. The van der Waals surface area contributed by atoms with E-state index in [0.29, 0.717) is 6.04 Å². The molecule has 80 valence electrons. The van der Waals surface area contributed by atoms with Crippen molar-refractivity contribution >= 4 is 11.7 Å². The standard InChI is InChI=1S/C11H14N2O2/c1-8-3-2-6-13(8)9-4-5-10(11(14)15)12-7-9/h4-5,7-8H,2-3,6H2,1H3,(H,14,15). The zero-order chi connectivity index (χ0) is 10.8. The highest BCUT2D eigenvalue weighted by atomic mass is 16.4. The fourth-order valence-electron chi connectivity index (χ4n) is 2.00. The predicted molar refractivity (Wildman–Crippen MR) is 57.2 cm³/mol. The van der Waals surface area contributed by atoms with Crippen molar-refractivity contribution in [3.05, 3.63) is 24.0 Å². The van der Waals surface area contributed by atoms with Crippen molar-refractivity contribution < 1.29 is 9.90 Å². The first kappa shape index (κ1) is 9.96. The molecule has 1 atom stereocenters.